The number of hydrogen-bond donors (Lipinski definition) is 3. The van der Waals surface area contributed by atoms with Gasteiger partial charge < -0.3 is 15.5 Å². The molecule has 6 nitrogen and oxygen atoms in total. The van der Waals surface area contributed by atoms with Gasteiger partial charge in [-0.3, -0.25) is 9.59 Å². The van der Waals surface area contributed by atoms with Gasteiger partial charge in [-0.15, -0.1) is 0 Å². The number of carbonyl (C=O) groups is 2. The number of aliphatic hydroxyl groups is 2. The average molecular weight is 473 g/mol. The van der Waals surface area contributed by atoms with Crippen molar-refractivity contribution in [1.82, 2.24) is 4.98 Å². The van der Waals surface area contributed by atoms with Crippen molar-refractivity contribution in [3.63, 3.8) is 0 Å². The first kappa shape index (κ1) is 22.6. The average Bonchev–Trinajstić information content (AvgIpc) is 3.10. The number of aromatic nitrogens is 1. The molecule has 3 saturated carbocycles. The van der Waals surface area contributed by atoms with Crippen LogP contribution in [0, 0.1) is 28.6 Å². The molecule has 2 aromatic rings. The van der Waals surface area contributed by atoms with Gasteiger partial charge in [-0.05, 0) is 74.3 Å². The smallest absolute Gasteiger partial charge is 0.258 e. The summed E-state index contributed by atoms with van der Waals surface area (Å²) in [5, 5.41) is 27.3. The van der Waals surface area contributed by atoms with Crippen LogP contribution in [0.25, 0.3) is 10.9 Å². The minimum atomic E-state index is -1.59. The Morgan fingerprint density at radius 2 is 1.94 bits per heavy atom. The van der Waals surface area contributed by atoms with Gasteiger partial charge in [0.05, 0.1) is 11.6 Å². The van der Waals surface area contributed by atoms with Gasteiger partial charge in [0.25, 0.3) is 5.91 Å². The molecule has 0 saturated heterocycles. The molecular formula is C29H32N2O4. The molecule has 6 rings (SSSR count). The van der Waals surface area contributed by atoms with Crippen molar-refractivity contribution in [3.8, 4) is 0 Å². The van der Waals surface area contributed by atoms with E-state index in [2.05, 4.69) is 17.2 Å². The summed E-state index contributed by atoms with van der Waals surface area (Å²) in [6, 6.07) is 11.4. The number of hydrogen-bond acceptors (Lipinski definition) is 5. The first-order chi connectivity index (χ1) is 16.7. The number of fused-ring (bicyclic) bond motifs is 6. The summed E-state index contributed by atoms with van der Waals surface area (Å²) in [5.74, 6) is 0.241. The topological polar surface area (TPSA) is 99.5 Å². The highest BCUT2D eigenvalue weighted by Gasteiger charge is 2.68. The Morgan fingerprint density at radius 1 is 1.14 bits per heavy atom. The van der Waals surface area contributed by atoms with Crippen LogP contribution in [0.5, 0.6) is 0 Å². The second-order valence-corrected chi connectivity index (χ2v) is 11.5. The fourth-order valence-electron chi connectivity index (χ4n) is 8.06. The maximum atomic E-state index is 13.6. The molecule has 0 aliphatic heterocycles. The third-order valence-corrected chi connectivity index (χ3v) is 9.86. The molecule has 6 heteroatoms. The number of aliphatic hydroxyl groups excluding tert-OH is 1. The van der Waals surface area contributed by atoms with Crippen molar-refractivity contribution in [2.45, 2.75) is 57.7 Å². The van der Waals surface area contributed by atoms with E-state index in [4.69, 9.17) is 0 Å². The highest BCUT2D eigenvalue weighted by atomic mass is 16.3. The fourth-order valence-corrected chi connectivity index (χ4v) is 8.06. The van der Waals surface area contributed by atoms with Crippen LogP contribution in [0.4, 0.5) is 5.82 Å². The number of ketones is 1. The molecule has 1 amide bonds. The lowest BCUT2D eigenvalue weighted by atomic mass is 9.46. The predicted octanol–water partition coefficient (Wildman–Crippen LogP) is 4.18. The lowest BCUT2D eigenvalue weighted by Crippen LogP contribution is -2.62. The summed E-state index contributed by atoms with van der Waals surface area (Å²) in [5.41, 5.74) is -0.827. The number of amides is 1. The number of benzene rings is 1. The maximum Gasteiger partial charge on any atom is 0.258 e. The molecule has 0 spiro atoms. The zero-order chi connectivity index (χ0) is 24.6. The number of carbonyl (C=O) groups excluding carboxylic acids is 2. The molecule has 4 aliphatic carbocycles. The van der Waals surface area contributed by atoms with Crippen molar-refractivity contribution in [2.75, 3.05) is 5.32 Å². The molecule has 0 bridgehead atoms. The van der Waals surface area contributed by atoms with E-state index in [1.807, 2.05) is 43.3 Å². The highest BCUT2D eigenvalue weighted by molar-refractivity contribution is 6.01. The molecule has 4 aliphatic rings. The Bertz CT molecular complexity index is 1300. The Balaban J connectivity index is 1.30. The van der Waals surface area contributed by atoms with Crippen molar-refractivity contribution >= 4 is 28.4 Å². The fraction of sp³-hybridized carbons (Fsp3) is 0.483. The Morgan fingerprint density at radius 3 is 2.77 bits per heavy atom. The zero-order valence-electron chi connectivity index (χ0n) is 20.2. The van der Waals surface area contributed by atoms with Gasteiger partial charge in [-0.25, -0.2) is 4.98 Å². The molecule has 1 aromatic heterocycles. The van der Waals surface area contributed by atoms with E-state index in [-0.39, 0.29) is 29.0 Å². The molecule has 7 atom stereocenters. The molecule has 1 aromatic carbocycles. The van der Waals surface area contributed by atoms with Crippen LogP contribution in [-0.2, 0) is 9.59 Å². The van der Waals surface area contributed by atoms with Crippen LogP contribution >= 0.6 is 0 Å². The van der Waals surface area contributed by atoms with Gasteiger partial charge >= 0.3 is 0 Å². The van der Waals surface area contributed by atoms with E-state index in [9.17, 15) is 19.8 Å². The molecule has 1 heterocycles. The van der Waals surface area contributed by atoms with Gasteiger partial charge in [-0.1, -0.05) is 43.7 Å². The van der Waals surface area contributed by atoms with Crippen molar-refractivity contribution in [2.24, 2.45) is 28.6 Å². The van der Waals surface area contributed by atoms with E-state index in [1.165, 1.54) is 0 Å². The molecule has 3 N–H and O–H groups in total. The summed E-state index contributed by atoms with van der Waals surface area (Å²) in [6.45, 7) is 4.11. The number of rotatable bonds is 2. The Hall–Kier alpha value is -2.83. The summed E-state index contributed by atoms with van der Waals surface area (Å²) in [7, 11) is 0. The second kappa shape index (κ2) is 7.58. The molecule has 6 unspecified atom stereocenters. The first-order valence-electron chi connectivity index (χ1n) is 12.7. The van der Waals surface area contributed by atoms with Crippen molar-refractivity contribution in [1.29, 1.82) is 0 Å². The van der Waals surface area contributed by atoms with Gasteiger partial charge in [0.15, 0.2) is 5.78 Å². The maximum absolute atomic E-state index is 13.6. The van der Waals surface area contributed by atoms with Crippen LogP contribution in [-0.4, -0.2) is 38.6 Å². The summed E-state index contributed by atoms with van der Waals surface area (Å²) in [4.78, 5) is 30.1. The van der Waals surface area contributed by atoms with Crippen LogP contribution in [0.1, 0.15) is 46.0 Å². The van der Waals surface area contributed by atoms with Gasteiger partial charge in [0.1, 0.15) is 11.4 Å². The standard InChI is InChI=1S/C29H32N2O4/c1-27-13-11-19(32)15-18(27)8-9-20-21-12-14-29(35,28(21,2)16-23(33)25(20)27)26(34)31-24-10-7-17-5-3-4-6-22(17)30-24/h3-7,10-11,13,15,20-21,23,25,33,35H,8-9,12,14,16H2,1-2H3,(H,30,31,34)/t20?,21?,23?,25?,27?,28?,29-/m0/s1. The van der Waals surface area contributed by atoms with E-state index in [0.717, 1.165) is 35.7 Å². The minimum Gasteiger partial charge on any atom is -0.393 e. The molecule has 182 valence electrons. The Kier molecular flexibility index (Phi) is 4.90. The predicted molar refractivity (Wildman–Crippen MR) is 133 cm³/mol. The van der Waals surface area contributed by atoms with Crippen LogP contribution in [0.15, 0.2) is 60.2 Å². The third kappa shape index (κ3) is 3.12. The SMILES string of the molecule is CC12C=CC(=O)C=C1CCC1C2C(O)CC2(C)C1CC[C@]2(O)C(=O)Nc1ccc2ccccc2n1. The Labute approximate surface area is 205 Å². The number of nitrogens with one attached hydrogen (secondary N) is 1. The normalized spacial score (nSPS) is 40.0. The number of nitrogens with zero attached hydrogens (tertiary/aromatic N) is 1. The molecule has 3 fully saturated rings. The third-order valence-electron chi connectivity index (χ3n) is 9.86. The number of para-hydroxylation sites is 1. The zero-order valence-corrected chi connectivity index (χ0v) is 20.2. The summed E-state index contributed by atoms with van der Waals surface area (Å²) < 4.78 is 0. The molecule has 35 heavy (non-hydrogen) atoms. The first-order valence-corrected chi connectivity index (χ1v) is 12.7. The van der Waals surface area contributed by atoms with Crippen molar-refractivity contribution in [3.05, 3.63) is 60.2 Å². The number of pyridine rings is 1. The largest absolute Gasteiger partial charge is 0.393 e. The summed E-state index contributed by atoms with van der Waals surface area (Å²) in [6.07, 6.45) is 7.77. The van der Waals surface area contributed by atoms with Crippen LogP contribution < -0.4 is 5.32 Å². The van der Waals surface area contributed by atoms with E-state index >= 15 is 0 Å². The highest BCUT2D eigenvalue weighted by Crippen LogP contribution is 2.67. The lowest BCUT2D eigenvalue weighted by Gasteiger charge is -2.59. The molecular weight excluding hydrogens is 440 g/mol. The van der Waals surface area contributed by atoms with E-state index in [1.54, 1.807) is 18.2 Å². The minimum absolute atomic E-state index is 0.0141. The summed E-state index contributed by atoms with van der Waals surface area (Å²) >= 11 is 0. The van der Waals surface area contributed by atoms with Crippen molar-refractivity contribution < 1.29 is 19.8 Å². The monoisotopic (exact) mass is 472 g/mol. The number of allylic oxidation sites excluding steroid dienone is 4. The van der Waals surface area contributed by atoms with Gasteiger partial charge in [0.2, 0.25) is 0 Å². The molecule has 0 radical (unpaired) electrons. The van der Waals surface area contributed by atoms with Crippen LogP contribution in [0.3, 0.4) is 0 Å². The van der Waals surface area contributed by atoms with Gasteiger partial charge in [0, 0.05) is 22.1 Å². The second-order valence-electron chi connectivity index (χ2n) is 11.5. The quantitative estimate of drug-likeness (QED) is 0.609. The van der Waals surface area contributed by atoms with Crippen LogP contribution in [0.2, 0.25) is 0 Å². The lowest BCUT2D eigenvalue weighted by molar-refractivity contribution is -0.174. The van der Waals surface area contributed by atoms with Gasteiger partial charge in [-0.2, -0.15) is 0 Å². The number of anilines is 1. The van der Waals surface area contributed by atoms with E-state index in [0.29, 0.717) is 18.7 Å². The van der Waals surface area contributed by atoms with E-state index < -0.39 is 23.0 Å².